The fraction of sp³-hybridized carbons (Fsp3) is 0.333. The molecule has 1 heterocycles. The molecule has 1 aliphatic carbocycles. The van der Waals surface area contributed by atoms with Gasteiger partial charge in [-0.1, -0.05) is 0 Å². The number of amides is 2. The molecule has 1 aromatic rings. The molecule has 2 amide bonds. The van der Waals surface area contributed by atoms with Crippen molar-refractivity contribution in [3.05, 3.63) is 35.4 Å². The van der Waals surface area contributed by atoms with Gasteiger partial charge in [0.2, 0.25) is 0 Å². The molecular formula is C15H15NO4. The lowest BCUT2D eigenvalue weighted by Crippen LogP contribution is -2.33. The van der Waals surface area contributed by atoms with Crippen LogP contribution in [0.5, 0.6) is 11.5 Å². The van der Waals surface area contributed by atoms with Gasteiger partial charge in [-0.3, -0.25) is 14.5 Å². The van der Waals surface area contributed by atoms with Crippen LogP contribution in [-0.4, -0.2) is 30.9 Å². The lowest BCUT2D eigenvalue weighted by molar-refractivity contribution is -0.139. The number of nitrogens with zero attached hydrogens (tertiary/aromatic N) is 1. The summed E-state index contributed by atoms with van der Waals surface area (Å²) < 4.78 is 10.7. The maximum absolute atomic E-state index is 11.9. The van der Waals surface area contributed by atoms with Gasteiger partial charge < -0.3 is 9.47 Å². The standard InChI is InChI=1S/C15H15NO4/c1-19-10-7-9-3-4-11(15(9)12(8-10)20-2)16-13(17)5-6-14(16)18/h5-8,11H,3-4H2,1-2H3/t11-/m0/s1. The lowest BCUT2D eigenvalue weighted by atomic mass is 10.0. The zero-order valence-corrected chi connectivity index (χ0v) is 11.4. The number of imide groups is 1. The Morgan fingerprint density at radius 3 is 2.40 bits per heavy atom. The number of carbonyl (C=O) groups excluding carboxylic acids is 2. The van der Waals surface area contributed by atoms with Gasteiger partial charge in [-0.05, 0) is 24.5 Å². The van der Waals surface area contributed by atoms with Crippen LogP contribution in [-0.2, 0) is 16.0 Å². The number of hydrogen-bond donors (Lipinski definition) is 0. The second kappa shape index (κ2) is 4.67. The molecule has 1 atom stereocenters. The summed E-state index contributed by atoms with van der Waals surface area (Å²) in [5.41, 5.74) is 1.98. The molecule has 0 aromatic heterocycles. The van der Waals surface area contributed by atoms with Crippen molar-refractivity contribution in [1.29, 1.82) is 0 Å². The predicted octanol–water partition coefficient (Wildman–Crippen LogP) is 1.62. The van der Waals surface area contributed by atoms with E-state index in [4.69, 9.17) is 9.47 Å². The van der Waals surface area contributed by atoms with Gasteiger partial charge in [0, 0.05) is 23.8 Å². The second-order valence-corrected chi connectivity index (χ2v) is 4.84. The average molecular weight is 273 g/mol. The number of fused-ring (bicyclic) bond motifs is 1. The van der Waals surface area contributed by atoms with Crippen molar-refractivity contribution in [2.75, 3.05) is 14.2 Å². The molecule has 0 unspecified atom stereocenters. The third-order valence-electron chi connectivity index (χ3n) is 3.83. The van der Waals surface area contributed by atoms with Gasteiger partial charge in [-0.2, -0.15) is 0 Å². The Kier molecular flexibility index (Phi) is 2.97. The summed E-state index contributed by atoms with van der Waals surface area (Å²) in [6.07, 6.45) is 4.15. The number of aryl methyl sites for hydroxylation is 1. The lowest BCUT2D eigenvalue weighted by Gasteiger charge is -2.24. The minimum absolute atomic E-state index is 0.249. The molecule has 1 aromatic carbocycles. The van der Waals surface area contributed by atoms with Crippen LogP contribution < -0.4 is 9.47 Å². The van der Waals surface area contributed by atoms with E-state index in [-0.39, 0.29) is 17.9 Å². The number of hydrogen-bond acceptors (Lipinski definition) is 4. The van der Waals surface area contributed by atoms with E-state index < -0.39 is 0 Å². The van der Waals surface area contributed by atoms with E-state index in [0.29, 0.717) is 5.75 Å². The minimum atomic E-state index is -0.259. The van der Waals surface area contributed by atoms with Crippen LogP contribution in [0.3, 0.4) is 0 Å². The van der Waals surface area contributed by atoms with Crippen LogP contribution in [0.25, 0.3) is 0 Å². The van der Waals surface area contributed by atoms with Crippen molar-refractivity contribution in [3.63, 3.8) is 0 Å². The number of rotatable bonds is 3. The zero-order valence-electron chi connectivity index (χ0n) is 11.4. The molecule has 5 nitrogen and oxygen atoms in total. The Bertz CT molecular complexity index is 603. The summed E-state index contributed by atoms with van der Waals surface area (Å²) in [6.45, 7) is 0. The van der Waals surface area contributed by atoms with Gasteiger partial charge in [0.05, 0.1) is 20.3 Å². The van der Waals surface area contributed by atoms with Crippen LogP contribution >= 0.6 is 0 Å². The Labute approximate surface area is 116 Å². The number of benzene rings is 1. The van der Waals surface area contributed by atoms with Gasteiger partial charge in [0.15, 0.2) is 0 Å². The van der Waals surface area contributed by atoms with Crippen LogP contribution in [0.1, 0.15) is 23.6 Å². The molecule has 0 radical (unpaired) electrons. The normalized spacial score (nSPS) is 20.5. The molecule has 0 fully saturated rings. The fourth-order valence-corrected chi connectivity index (χ4v) is 2.94. The Hall–Kier alpha value is -2.30. The first-order chi connectivity index (χ1) is 9.65. The molecule has 5 heteroatoms. The van der Waals surface area contributed by atoms with E-state index in [9.17, 15) is 9.59 Å². The van der Waals surface area contributed by atoms with Crippen molar-refractivity contribution in [1.82, 2.24) is 4.90 Å². The highest BCUT2D eigenvalue weighted by molar-refractivity contribution is 6.13. The molecular weight excluding hydrogens is 258 g/mol. The molecule has 0 N–H and O–H groups in total. The first-order valence-electron chi connectivity index (χ1n) is 6.45. The van der Waals surface area contributed by atoms with Gasteiger partial charge in [0.1, 0.15) is 11.5 Å². The van der Waals surface area contributed by atoms with Crippen molar-refractivity contribution in [2.24, 2.45) is 0 Å². The summed E-state index contributed by atoms with van der Waals surface area (Å²) in [6, 6.07) is 3.48. The minimum Gasteiger partial charge on any atom is -0.497 e. The van der Waals surface area contributed by atoms with Crippen LogP contribution in [0.2, 0.25) is 0 Å². The summed E-state index contributed by atoms with van der Waals surface area (Å²) in [5.74, 6) is 0.865. The molecule has 0 spiro atoms. The molecule has 104 valence electrons. The Morgan fingerprint density at radius 2 is 1.80 bits per heavy atom. The third kappa shape index (κ3) is 1.78. The van der Waals surface area contributed by atoms with Crippen molar-refractivity contribution in [2.45, 2.75) is 18.9 Å². The molecule has 2 aliphatic rings. The number of methoxy groups -OCH3 is 2. The zero-order chi connectivity index (χ0) is 14.3. The fourth-order valence-electron chi connectivity index (χ4n) is 2.94. The van der Waals surface area contributed by atoms with Crippen molar-refractivity contribution < 1.29 is 19.1 Å². The van der Waals surface area contributed by atoms with E-state index in [0.717, 1.165) is 29.7 Å². The van der Waals surface area contributed by atoms with E-state index in [1.54, 1.807) is 20.3 Å². The first-order valence-corrected chi connectivity index (χ1v) is 6.45. The summed E-state index contributed by atoms with van der Waals surface area (Å²) in [5, 5.41) is 0. The second-order valence-electron chi connectivity index (χ2n) is 4.84. The summed E-state index contributed by atoms with van der Waals surface area (Å²) in [7, 11) is 3.18. The van der Waals surface area contributed by atoms with E-state index in [1.807, 2.05) is 6.07 Å². The third-order valence-corrected chi connectivity index (χ3v) is 3.83. The maximum Gasteiger partial charge on any atom is 0.254 e. The maximum atomic E-state index is 11.9. The van der Waals surface area contributed by atoms with Gasteiger partial charge in [-0.25, -0.2) is 0 Å². The van der Waals surface area contributed by atoms with E-state index >= 15 is 0 Å². The average Bonchev–Trinajstić information content (AvgIpc) is 3.01. The smallest absolute Gasteiger partial charge is 0.254 e. The molecule has 3 rings (SSSR count). The highest BCUT2D eigenvalue weighted by atomic mass is 16.5. The monoisotopic (exact) mass is 273 g/mol. The van der Waals surface area contributed by atoms with Gasteiger partial charge >= 0.3 is 0 Å². The number of carbonyl (C=O) groups is 2. The van der Waals surface area contributed by atoms with Crippen LogP contribution in [0.4, 0.5) is 0 Å². The molecule has 0 bridgehead atoms. The highest BCUT2D eigenvalue weighted by Crippen LogP contribution is 2.44. The highest BCUT2D eigenvalue weighted by Gasteiger charge is 2.38. The first kappa shape index (κ1) is 12.7. The van der Waals surface area contributed by atoms with Crippen molar-refractivity contribution in [3.8, 4) is 11.5 Å². The summed E-state index contributed by atoms with van der Waals surface area (Å²) in [4.78, 5) is 25.0. The van der Waals surface area contributed by atoms with Crippen molar-refractivity contribution >= 4 is 11.8 Å². The molecule has 0 saturated carbocycles. The topological polar surface area (TPSA) is 55.8 Å². The summed E-state index contributed by atoms with van der Waals surface area (Å²) >= 11 is 0. The predicted molar refractivity (Wildman–Crippen MR) is 71.6 cm³/mol. The largest absolute Gasteiger partial charge is 0.497 e. The quantitative estimate of drug-likeness (QED) is 0.785. The van der Waals surface area contributed by atoms with E-state index in [2.05, 4.69) is 0 Å². The number of ether oxygens (including phenoxy) is 2. The molecule has 20 heavy (non-hydrogen) atoms. The SMILES string of the molecule is COc1cc2c(c(OC)c1)[C@@H](N1C(=O)C=CC1=O)CC2. The molecule has 1 aliphatic heterocycles. The van der Waals surface area contributed by atoms with E-state index in [1.165, 1.54) is 17.1 Å². The van der Waals surface area contributed by atoms with Crippen LogP contribution in [0, 0.1) is 0 Å². The Balaban J connectivity index is 2.05. The van der Waals surface area contributed by atoms with Gasteiger partial charge in [-0.15, -0.1) is 0 Å². The van der Waals surface area contributed by atoms with Crippen LogP contribution in [0.15, 0.2) is 24.3 Å². The van der Waals surface area contributed by atoms with Gasteiger partial charge in [0.25, 0.3) is 11.8 Å². The molecule has 0 saturated heterocycles. The Morgan fingerprint density at radius 1 is 1.10 bits per heavy atom.